The molecule has 66 valence electrons. The topological polar surface area (TPSA) is 56.7 Å². The lowest BCUT2D eigenvalue weighted by Crippen LogP contribution is -1.97. The number of halogens is 1. The Hall–Kier alpha value is -1.36. The molecule has 4 nitrogen and oxygen atoms in total. The number of rotatable bonds is 1. The second kappa shape index (κ2) is 3.18. The maximum absolute atomic E-state index is 5.54. The van der Waals surface area contributed by atoms with Gasteiger partial charge < -0.3 is 5.73 Å². The van der Waals surface area contributed by atoms with E-state index < -0.39 is 0 Å². The Morgan fingerprint density at radius 2 is 2.00 bits per heavy atom. The predicted octanol–water partition coefficient (Wildman–Crippen LogP) is 1.61. The molecule has 5 heteroatoms. The minimum absolute atomic E-state index is 0.490. The van der Waals surface area contributed by atoms with Gasteiger partial charge in [-0.25, -0.2) is 4.68 Å². The van der Waals surface area contributed by atoms with Crippen LogP contribution in [0.15, 0.2) is 35.2 Å². The van der Waals surface area contributed by atoms with Crippen molar-refractivity contribution in [1.29, 1.82) is 0 Å². The summed E-state index contributed by atoms with van der Waals surface area (Å²) in [6, 6.07) is 5.47. The summed E-state index contributed by atoms with van der Waals surface area (Å²) in [5, 5.41) is 4.10. The fraction of sp³-hybridized carbons (Fsp3) is 0. The molecule has 0 aliphatic rings. The number of anilines is 1. The Morgan fingerprint density at radius 1 is 1.31 bits per heavy atom. The van der Waals surface area contributed by atoms with Crippen LogP contribution in [-0.2, 0) is 0 Å². The average molecular weight is 239 g/mol. The van der Waals surface area contributed by atoms with Gasteiger partial charge in [-0.1, -0.05) is 0 Å². The first-order chi connectivity index (χ1) is 6.27. The molecule has 0 radical (unpaired) electrons. The van der Waals surface area contributed by atoms with Gasteiger partial charge in [0.25, 0.3) is 0 Å². The Bertz CT molecular complexity index is 409. The van der Waals surface area contributed by atoms with Gasteiger partial charge in [0, 0.05) is 18.5 Å². The van der Waals surface area contributed by atoms with E-state index >= 15 is 0 Å². The Morgan fingerprint density at radius 3 is 2.54 bits per heavy atom. The SMILES string of the molecule is Nc1cc(Br)n(-c2ccncc2)n1. The lowest BCUT2D eigenvalue weighted by Gasteiger charge is -2.00. The Kier molecular flexibility index (Phi) is 2.02. The maximum atomic E-state index is 5.54. The molecule has 2 aromatic heterocycles. The number of aromatic nitrogens is 3. The molecule has 0 unspecified atom stereocenters. The van der Waals surface area contributed by atoms with E-state index in [4.69, 9.17) is 5.73 Å². The molecule has 0 amide bonds. The number of pyridine rings is 1. The van der Waals surface area contributed by atoms with E-state index in [0.717, 1.165) is 10.3 Å². The van der Waals surface area contributed by atoms with E-state index in [9.17, 15) is 0 Å². The fourth-order valence-corrected chi connectivity index (χ4v) is 1.56. The zero-order chi connectivity index (χ0) is 9.26. The fourth-order valence-electron chi connectivity index (χ4n) is 1.04. The molecule has 0 fully saturated rings. The molecule has 13 heavy (non-hydrogen) atoms. The molecule has 2 rings (SSSR count). The lowest BCUT2D eigenvalue weighted by atomic mass is 10.4. The van der Waals surface area contributed by atoms with Crippen molar-refractivity contribution in [2.24, 2.45) is 0 Å². The van der Waals surface area contributed by atoms with Crippen molar-refractivity contribution in [1.82, 2.24) is 14.8 Å². The molecule has 0 aliphatic heterocycles. The summed E-state index contributed by atoms with van der Waals surface area (Å²) in [5.41, 5.74) is 6.47. The van der Waals surface area contributed by atoms with Crippen LogP contribution in [0.5, 0.6) is 0 Å². The van der Waals surface area contributed by atoms with E-state index in [1.807, 2.05) is 12.1 Å². The molecule has 0 saturated carbocycles. The predicted molar refractivity (Wildman–Crippen MR) is 53.5 cm³/mol. The Labute approximate surface area is 83.5 Å². The highest BCUT2D eigenvalue weighted by Gasteiger charge is 2.03. The molecular weight excluding hydrogens is 232 g/mol. The van der Waals surface area contributed by atoms with Gasteiger partial charge in [-0.15, -0.1) is 5.10 Å². The number of nitrogen functional groups attached to an aromatic ring is 1. The van der Waals surface area contributed by atoms with Crippen LogP contribution in [0.25, 0.3) is 5.69 Å². The van der Waals surface area contributed by atoms with Crippen molar-refractivity contribution in [2.45, 2.75) is 0 Å². The van der Waals surface area contributed by atoms with Crippen molar-refractivity contribution in [3.63, 3.8) is 0 Å². The summed E-state index contributed by atoms with van der Waals surface area (Å²) in [5.74, 6) is 0.490. The molecule has 2 N–H and O–H groups in total. The van der Waals surface area contributed by atoms with Crippen molar-refractivity contribution >= 4 is 21.7 Å². The van der Waals surface area contributed by atoms with Crippen LogP contribution < -0.4 is 5.73 Å². The summed E-state index contributed by atoms with van der Waals surface area (Å²) in [6.45, 7) is 0. The summed E-state index contributed by atoms with van der Waals surface area (Å²) in [4.78, 5) is 3.92. The van der Waals surface area contributed by atoms with E-state index in [0.29, 0.717) is 5.82 Å². The molecule has 0 spiro atoms. The van der Waals surface area contributed by atoms with Gasteiger partial charge in [0.1, 0.15) is 10.4 Å². The summed E-state index contributed by atoms with van der Waals surface area (Å²) >= 11 is 3.35. The van der Waals surface area contributed by atoms with Gasteiger partial charge in [-0.3, -0.25) is 4.98 Å². The van der Waals surface area contributed by atoms with Crippen LogP contribution in [0.1, 0.15) is 0 Å². The third-order valence-corrected chi connectivity index (χ3v) is 2.16. The van der Waals surface area contributed by atoms with Crippen LogP contribution in [0, 0.1) is 0 Å². The van der Waals surface area contributed by atoms with E-state index in [1.165, 1.54) is 0 Å². The molecule has 2 heterocycles. The zero-order valence-corrected chi connectivity index (χ0v) is 8.27. The van der Waals surface area contributed by atoms with Gasteiger partial charge in [-0.2, -0.15) is 0 Å². The third kappa shape index (κ3) is 1.55. The molecular formula is C8H7BrN4. The first-order valence-corrected chi connectivity index (χ1v) is 4.48. The first kappa shape index (κ1) is 8.25. The minimum Gasteiger partial charge on any atom is -0.382 e. The Balaban J connectivity index is 2.53. The van der Waals surface area contributed by atoms with Crippen molar-refractivity contribution in [3.8, 4) is 5.69 Å². The maximum Gasteiger partial charge on any atom is 0.147 e. The van der Waals surface area contributed by atoms with Crippen LogP contribution in [0.3, 0.4) is 0 Å². The second-order valence-corrected chi connectivity index (χ2v) is 3.32. The average Bonchev–Trinajstić information content (AvgIpc) is 2.47. The van der Waals surface area contributed by atoms with Gasteiger partial charge >= 0.3 is 0 Å². The molecule has 2 aromatic rings. The van der Waals surface area contributed by atoms with Gasteiger partial charge in [0.15, 0.2) is 0 Å². The van der Waals surface area contributed by atoms with Gasteiger partial charge in [0.2, 0.25) is 0 Å². The van der Waals surface area contributed by atoms with Crippen molar-refractivity contribution in [3.05, 3.63) is 35.2 Å². The number of hydrogen-bond acceptors (Lipinski definition) is 3. The summed E-state index contributed by atoms with van der Waals surface area (Å²) < 4.78 is 2.54. The third-order valence-electron chi connectivity index (χ3n) is 1.59. The molecule has 0 atom stereocenters. The van der Waals surface area contributed by atoms with Crippen LogP contribution in [0.4, 0.5) is 5.82 Å². The number of nitrogens with zero attached hydrogens (tertiary/aromatic N) is 3. The highest BCUT2D eigenvalue weighted by molar-refractivity contribution is 9.10. The van der Waals surface area contributed by atoms with Crippen molar-refractivity contribution < 1.29 is 0 Å². The van der Waals surface area contributed by atoms with Gasteiger partial charge in [0.05, 0.1) is 5.69 Å². The quantitative estimate of drug-likeness (QED) is 0.822. The van der Waals surface area contributed by atoms with Crippen molar-refractivity contribution in [2.75, 3.05) is 5.73 Å². The molecule has 0 bridgehead atoms. The largest absolute Gasteiger partial charge is 0.382 e. The monoisotopic (exact) mass is 238 g/mol. The standard InChI is InChI=1S/C8H7BrN4/c9-7-5-8(10)12-13(7)6-1-3-11-4-2-6/h1-5H,(H2,10,12). The summed E-state index contributed by atoms with van der Waals surface area (Å²) in [7, 11) is 0. The molecule has 0 saturated heterocycles. The second-order valence-electron chi connectivity index (χ2n) is 2.51. The van der Waals surface area contributed by atoms with E-state index in [1.54, 1.807) is 23.1 Å². The van der Waals surface area contributed by atoms with E-state index in [2.05, 4.69) is 26.0 Å². The minimum atomic E-state index is 0.490. The normalized spacial score (nSPS) is 10.2. The van der Waals surface area contributed by atoms with E-state index in [-0.39, 0.29) is 0 Å². The van der Waals surface area contributed by atoms with Gasteiger partial charge in [-0.05, 0) is 28.1 Å². The van der Waals surface area contributed by atoms with Crippen LogP contribution >= 0.6 is 15.9 Å². The highest BCUT2D eigenvalue weighted by Crippen LogP contribution is 2.17. The smallest absolute Gasteiger partial charge is 0.147 e. The molecule has 0 aliphatic carbocycles. The molecule has 0 aromatic carbocycles. The highest BCUT2D eigenvalue weighted by atomic mass is 79.9. The van der Waals surface area contributed by atoms with Crippen LogP contribution in [-0.4, -0.2) is 14.8 Å². The zero-order valence-electron chi connectivity index (χ0n) is 6.68. The number of hydrogen-bond donors (Lipinski definition) is 1. The number of nitrogens with two attached hydrogens (primary N) is 1. The lowest BCUT2D eigenvalue weighted by molar-refractivity contribution is 0.863. The van der Waals surface area contributed by atoms with Crippen LogP contribution in [0.2, 0.25) is 0 Å². The first-order valence-electron chi connectivity index (χ1n) is 3.69. The summed E-state index contributed by atoms with van der Waals surface area (Å²) in [6.07, 6.45) is 3.42.